The molecule has 1 N–H and O–H groups in total. The number of rotatable bonds is 6. The van der Waals surface area contributed by atoms with E-state index in [4.69, 9.17) is 0 Å². The summed E-state index contributed by atoms with van der Waals surface area (Å²) in [5.41, 5.74) is 3.40. The smallest absolute Gasteiger partial charge is 0.254 e. The molecule has 0 aliphatic rings. The Kier molecular flexibility index (Phi) is 4.89. The second kappa shape index (κ2) is 6.65. The molecule has 2 aromatic heterocycles. The van der Waals surface area contributed by atoms with Crippen LogP contribution in [-0.4, -0.2) is 26.7 Å². The molecule has 0 aliphatic heterocycles. The van der Waals surface area contributed by atoms with E-state index >= 15 is 0 Å². The highest BCUT2D eigenvalue weighted by atomic mass is 32.1. The van der Waals surface area contributed by atoms with Gasteiger partial charge in [0.2, 0.25) is 0 Å². The lowest BCUT2D eigenvalue weighted by Gasteiger charge is -2.12. The van der Waals surface area contributed by atoms with Crippen molar-refractivity contribution in [3.05, 3.63) is 34.0 Å². The third-order valence-corrected chi connectivity index (χ3v) is 3.95. The summed E-state index contributed by atoms with van der Waals surface area (Å²) in [6.07, 6.45) is 5.31. The molecule has 0 radical (unpaired) electrons. The highest BCUT2D eigenvalue weighted by Crippen LogP contribution is 2.11. The van der Waals surface area contributed by atoms with Crippen molar-refractivity contribution in [3.63, 3.8) is 0 Å². The molecule has 0 saturated heterocycles. The van der Waals surface area contributed by atoms with Crippen LogP contribution in [0, 0.1) is 6.92 Å². The Labute approximate surface area is 123 Å². The Morgan fingerprint density at radius 2 is 2.30 bits per heavy atom. The highest BCUT2D eigenvalue weighted by Gasteiger charge is 2.16. The third kappa shape index (κ3) is 3.45. The zero-order chi connectivity index (χ0) is 14.5. The molecule has 0 saturated carbocycles. The second-order valence-electron chi connectivity index (χ2n) is 4.91. The third-order valence-electron chi connectivity index (χ3n) is 3.15. The van der Waals surface area contributed by atoms with Crippen molar-refractivity contribution in [1.29, 1.82) is 0 Å². The van der Waals surface area contributed by atoms with E-state index in [0.717, 1.165) is 25.1 Å². The van der Waals surface area contributed by atoms with Crippen molar-refractivity contribution in [2.24, 2.45) is 0 Å². The molecule has 108 valence electrons. The van der Waals surface area contributed by atoms with E-state index in [2.05, 4.69) is 22.3 Å². The second-order valence-corrected chi connectivity index (χ2v) is 5.88. The minimum Gasteiger partial charge on any atom is -0.349 e. The van der Waals surface area contributed by atoms with Gasteiger partial charge in [0, 0.05) is 35.8 Å². The lowest BCUT2D eigenvalue weighted by atomic mass is 10.2. The standard InChI is InChI=1S/C14H20N4OS/c1-4-5-18-11(3)13(8-16-18)14(19)17-10(2)6-12-7-15-9-20-12/h7-10H,4-6H2,1-3H3,(H,17,19)/t10-/m1/s1. The molecule has 2 rings (SSSR count). The van der Waals surface area contributed by atoms with Gasteiger partial charge in [-0.2, -0.15) is 5.10 Å². The predicted molar refractivity (Wildman–Crippen MR) is 80.0 cm³/mol. The fraction of sp³-hybridized carbons (Fsp3) is 0.500. The molecule has 1 amide bonds. The van der Waals surface area contributed by atoms with Crippen molar-refractivity contribution in [2.75, 3.05) is 0 Å². The predicted octanol–water partition coefficient (Wildman–Crippen LogP) is 2.42. The molecule has 0 aliphatic carbocycles. The summed E-state index contributed by atoms with van der Waals surface area (Å²) in [5.74, 6) is -0.0538. The van der Waals surface area contributed by atoms with Gasteiger partial charge in [-0.1, -0.05) is 6.92 Å². The van der Waals surface area contributed by atoms with Gasteiger partial charge in [0.15, 0.2) is 0 Å². The minimum absolute atomic E-state index is 0.0538. The summed E-state index contributed by atoms with van der Waals surface area (Å²) >= 11 is 1.61. The van der Waals surface area contributed by atoms with Crippen LogP contribution >= 0.6 is 11.3 Å². The van der Waals surface area contributed by atoms with Crippen LogP contribution in [0.15, 0.2) is 17.9 Å². The van der Waals surface area contributed by atoms with Gasteiger partial charge in [0.25, 0.3) is 5.91 Å². The number of carbonyl (C=O) groups excluding carboxylic acids is 1. The molecule has 2 aromatic rings. The van der Waals surface area contributed by atoms with Gasteiger partial charge in [-0.05, 0) is 20.3 Å². The van der Waals surface area contributed by atoms with E-state index < -0.39 is 0 Å². The highest BCUT2D eigenvalue weighted by molar-refractivity contribution is 7.09. The molecule has 0 aromatic carbocycles. The van der Waals surface area contributed by atoms with Crippen molar-refractivity contribution >= 4 is 17.2 Å². The molecular weight excluding hydrogens is 272 g/mol. The summed E-state index contributed by atoms with van der Waals surface area (Å²) in [6.45, 7) is 6.88. The Hall–Kier alpha value is -1.69. The summed E-state index contributed by atoms with van der Waals surface area (Å²) in [6, 6.07) is 0.0804. The first kappa shape index (κ1) is 14.7. The van der Waals surface area contributed by atoms with Crippen molar-refractivity contribution in [2.45, 2.75) is 46.2 Å². The first-order valence-corrected chi connectivity index (χ1v) is 7.70. The van der Waals surface area contributed by atoms with E-state index in [1.165, 1.54) is 4.88 Å². The Morgan fingerprint density at radius 3 is 2.95 bits per heavy atom. The van der Waals surface area contributed by atoms with Crippen molar-refractivity contribution < 1.29 is 4.79 Å². The number of nitrogens with one attached hydrogen (secondary N) is 1. The van der Waals surface area contributed by atoms with Crippen LogP contribution in [0.3, 0.4) is 0 Å². The summed E-state index contributed by atoms with van der Waals surface area (Å²) < 4.78 is 1.88. The van der Waals surface area contributed by atoms with Crippen LogP contribution in [0.25, 0.3) is 0 Å². The van der Waals surface area contributed by atoms with Crippen LogP contribution in [0.5, 0.6) is 0 Å². The number of hydrogen-bond donors (Lipinski definition) is 1. The van der Waals surface area contributed by atoms with Gasteiger partial charge < -0.3 is 5.32 Å². The van der Waals surface area contributed by atoms with E-state index in [1.807, 2.05) is 30.2 Å². The average molecular weight is 292 g/mol. The summed E-state index contributed by atoms with van der Waals surface area (Å²) in [5, 5.41) is 7.27. The Bertz CT molecular complexity index is 562. The lowest BCUT2D eigenvalue weighted by Crippen LogP contribution is -2.34. The first-order valence-electron chi connectivity index (χ1n) is 6.82. The fourth-order valence-electron chi connectivity index (χ4n) is 2.10. The van der Waals surface area contributed by atoms with Gasteiger partial charge in [-0.3, -0.25) is 14.5 Å². The van der Waals surface area contributed by atoms with Gasteiger partial charge in [0.1, 0.15) is 0 Å². The van der Waals surface area contributed by atoms with Crippen LogP contribution in [-0.2, 0) is 13.0 Å². The monoisotopic (exact) mass is 292 g/mol. The largest absolute Gasteiger partial charge is 0.349 e. The fourth-order valence-corrected chi connectivity index (χ4v) is 2.83. The molecular formula is C14H20N4OS. The number of thiazole rings is 1. The van der Waals surface area contributed by atoms with Crippen LogP contribution < -0.4 is 5.32 Å². The molecule has 2 heterocycles. The van der Waals surface area contributed by atoms with E-state index in [-0.39, 0.29) is 11.9 Å². The zero-order valence-corrected chi connectivity index (χ0v) is 12.9. The van der Waals surface area contributed by atoms with Crippen LogP contribution in [0.2, 0.25) is 0 Å². The van der Waals surface area contributed by atoms with Gasteiger partial charge in [-0.25, -0.2) is 0 Å². The molecule has 0 spiro atoms. The van der Waals surface area contributed by atoms with E-state index in [0.29, 0.717) is 5.56 Å². The lowest BCUT2D eigenvalue weighted by molar-refractivity contribution is 0.0939. The topological polar surface area (TPSA) is 59.8 Å². The molecule has 0 fully saturated rings. The number of aromatic nitrogens is 3. The van der Waals surface area contributed by atoms with Gasteiger partial charge >= 0.3 is 0 Å². The molecule has 0 unspecified atom stereocenters. The van der Waals surface area contributed by atoms with Crippen LogP contribution in [0.4, 0.5) is 0 Å². The van der Waals surface area contributed by atoms with Gasteiger partial charge in [0.05, 0.1) is 17.3 Å². The maximum absolute atomic E-state index is 12.2. The molecule has 1 atom stereocenters. The van der Waals surface area contributed by atoms with Crippen molar-refractivity contribution in [3.8, 4) is 0 Å². The average Bonchev–Trinajstić information content (AvgIpc) is 3.01. The van der Waals surface area contributed by atoms with Crippen LogP contribution in [0.1, 0.15) is 41.2 Å². The molecule has 0 bridgehead atoms. The zero-order valence-electron chi connectivity index (χ0n) is 12.1. The molecule has 20 heavy (non-hydrogen) atoms. The maximum atomic E-state index is 12.2. The number of amides is 1. The van der Waals surface area contributed by atoms with Crippen molar-refractivity contribution in [1.82, 2.24) is 20.1 Å². The number of hydrogen-bond acceptors (Lipinski definition) is 4. The number of nitrogens with zero attached hydrogens (tertiary/aromatic N) is 3. The number of carbonyl (C=O) groups is 1. The number of aryl methyl sites for hydroxylation is 1. The molecule has 5 nitrogen and oxygen atoms in total. The minimum atomic E-state index is -0.0538. The quantitative estimate of drug-likeness (QED) is 0.889. The summed E-state index contributed by atoms with van der Waals surface area (Å²) in [7, 11) is 0. The Balaban J connectivity index is 1.97. The van der Waals surface area contributed by atoms with E-state index in [1.54, 1.807) is 17.5 Å². The van der Waals surface area contributed by atoms with Gasteiger partial charge in [-0.15, -0.1) is 11.3 Å². The van der Waals surface area contributed by atoms with E-state index in [9.17, 15) is 4.79 Å². The Morgan fingerprint density at radius 1 is 1.50 bits per heavy atom. The first-order chi connectivity index (χ1) is 9.61. The SMILES string of the molecule is CCCn1ncc(C(=O)N[C@H](C)Cc2cncs2)c1C. The maximum Gasteiger partial charge on any atom is 0.254 e. The molecule has 6 heteroatoms. The normalized spacial score (nSPS) is 12.3. The summed E-state index contributed by atoms with van der Waals surface area (Å²) in [4.78, 5) is 17.5.